The third-order valence-corrected chi connectivity index (χ3v) is 4.85. The van der Waals surface area contributed by atoms with Gasteiger partial charge in [-0.15, -0.1) is 0 Å². The second kappa shape index (κ2) is 3.49. The van der Waals surface area contributed by atoms with Gasteiger partial charge in [-0.3, -0.25) is 0 Å². The van der Waals surface area contributed by atoms with E-state index in [1.807, 2.05) is 7.05 Å². The van der Waals surface area contributed by atoms with Crippen LogP contribution in [0.2, 0.25) is 0 Å². The van der Waals surface area contributed by atoms with E-state index in [1.165, 1.54) is 18.4 Å². The molecule has 92 valence electrons. The highest BCUT2D eigenvalue weighted by atomic mass is 16.5. The molecule has 0 saturated heterocycles. The molecule has 0 radical (unpaired) electrons. The monoisotopic (exact) mass is 231 g/mol. The zero-order chi connectivity index (χ0) is 12.1. The molecule has 1 aliphatic heterocycles. The topological polar surface area (TPSA) is 21.3 Å². The minimum absolute atomic E-state index is 0.0188. The Balaban J connectivity index is 2.00. The average Bonchev–Trinajstić information content (AvgIpc) is 3.08. The number of nitrogens with one attached hydrogen (secondary N) is 1. The Morgan fingerprint density at radius 3 is 2.59 bits per heavy atom. The highest BCUT2D eigenvalue weighted by Crippen LogP contribution is 2.59. The summed E-state index contributed by atoms with van der Waals surface area (Å²) in [4.78, 5) is 0. The lowest BCUT2D eigenvalue weighted by Gasteiger charge is -2.44. The Morgan fingerprint density at radius 2 is 1.94 bits per heavy atom. The molecule has 1 N–H and O–H groups in total. The normalized spacial score (nSPS) is 33.7. The lowest BCUT2D eigenvalue weighted by molar-refractivity contribution is -0.0125. The predicted molar refractivity (Wildman–Crippen MR) is 69.2 cm³/mol. The fourth-order valence-electron chi connectivity index (χ4n) is 2.99. The van der Waals surface area contributed by atoms with Gasteiger partial charge in [0.25, 0.3) is 0 Å². The van der Waals surface area contributed by atoms with Crippen LogP contribution in [-0.2, 0) is 0 Å². The van der Waals surface area contributed by atoms with Gasteiger partial charge in [-0.25, -0.2) is 0 Å². The molecule has 1 heterocycles. The third kappa shape index (κ3) is 1.58. The Kier molecular flexibility index (Phi) is 2.27. The molecule has 17 heavy (non-hydrogen) atoms. The van der Waals surface area contributed by atoms with E-state index in [0.29, 0.717) is 11.5 Å². The Bertz CT molecular complexity index is 438. The molecule has 2 atom stereocenters. The van der Waals surface area contributed by atoms with Crippen molar-refractivity contribution in [1.82, 2.24) is 5.32 Å². The van der Waals surface area contributed by atoms with Crippen molar-refractivity contribution in [2.45, 2.75) is 44.8 Å². The van der Waals surface area contributed by atoms with Crippen LogP contribution in [0.5, 0.6) is 5.75 Å². The van der Waals surface area contributed by atoms with Gasteiger partial charge in [-0.05, 0) is 32.9 Å². The van der Waals surface area contributed by atoms with Gasteiger partial charge in [0.05, 0.1) is 0 Å². The quantitative estimate of drug-likeness (QED) is 0.843. The number of hydrogen-bond acceptors (Lipinski definition) is 2. The second-order valence-electron chi connectivity index (χ2n) is 5.98. The maximum absolute atomic E-state index is 6.34. The van der Waals surface area contributed by atoms with E-state index in [4.69, 9.17) is 4.74 Å². The zero-order valence-corrected chi connectivity index (χ0v) is 10.9. The van der Waals surface area contributed by atoms with Gasteiger partial charge in [0.15, 0.2) is 0 Å². The first kappa shape index (κ1) is 11.1. The molecule has 1 aromatic rings. The van der Waals surface area contributed by atoms with Crippen LogP contribution in [0.25, 0.3) is 0 Å². The molecule has 1 aromatic carbocycles. The number of para-hydroxylation sites is 1. The van der Waals surface area contributed by atoms with Crippen molar-refractivity contribution in [2.75, 3.05) is 7.05 Å². The van der Waals surface area contributed by atoms with Gasteiger partial charge >= 0.3 is 0 Å². The Hall–Kier alpha value is -1.02. The first-order valence-electron chi connectivity index (χ1n) is 6.53. The van der Waals surface area contributed by atoms with Crippen molar-refractivity contribution in [3.8, 4) is 5.75 Å². The molecule has 1 saturated carbocycles. The van der Waals surface area contributed by atoms with Gasteiger partial charge in [0, 0.05) is 23.4 Å². The summed E-state index contributed by atoms with van der Waals surface area (Å²) in [5.41, 5.74) is 1.65. The van der Waals surface area contributed by atoms with Crippen molar-refractivity contribution in [3.63, 3.8) is 0 Å². The van der Waals surface area contributed by atoms with Gasteiger partial charge in [0.2, 0.25) is 0 Å². The van der Waals surface area contributed by atoms with Crippen LogP contribution in [0.15, 0.2) is 24.3 Å². The SMILES string of the molecule is CNC1CC(C)(C2(C)CC2)Oc2ccccc21. The highest BCUT2D eigenvalue weighted by Gasteiger charge is 2.57. The van der Waals surface area contributed by atoms with Gasteiger partial charge in [0.1, 0.15) is 11.4 Å². The molecule has 3 rings (SSSR count). The first-order valence-corrected chi connectivity index (χ1v) is 6.53. The standard InChI is InChI=1S/C15H21NO/c1-14(8-9-14)15(2)10-12(16-3)11-6-4-5-7-13(11)17-15/h4-7,12,16H,8-10H2,1-3H3. The van der Waals surface area contributed by atoms with Crippen LogP contribution in [-0.4, -0.2) is 12.6 Å². The first-order chi connectivity index (χ1) is 8.08. The molecular weight excluding hydrogens is 210 g/mol. The van der Waals surface area contributed by atoms with Crippen LogP contribution in [0.3, 0.4) is 0 Å². The summed E-state index contributed by atoms with van der Waals surface area (Å²) >= 11 is 0. The lowest BCUT2D eigenvalue weighted by Crippen LogP contribution is -2.47. The summed E-state index contributed by atoms with van der Waals surface area (Å²) in [6.45, 7) is 4.63. The summed E-state index contributed by atoms with van der Waals surface area (Å²) < 4.78 is 6.34. The van der Waals surface area contributed by atoms with Gasteiger partial charge in [-0.1, -0.05) is 25.1 Å². The Labute approximate surface area is 103 Å². The van der Waals surface area contributed by atoms with Crippen LogP contribution in [0.4, 0.5) is 0 Å². The minimum Gasteiger partial charge on any atom is -0.487 e. The Morgan fingerprint density at radius 1 is 1.24 bits per heavy atom. The molecule has 1 aliphatic carbocycles. The summed E-state index contributed by atoms with van der Waals surface area (Å²) in [5.74, 6) is 1.06. The van der Waals surface area contributed by atoms with Crippen molar-refractivity contribution in [1.29, 1.82) is 0 Å². The summed E-state index contributed by atoms with van der Waals surface area (Å²) in [6.07, 6.45) is 3.65. The lowest BCUT2D eigenvalue weighted by atomic mass is 9.78. The van der Waals surface area contributed by atoms with E-state index in [1.54, 1.807) is 0 Å². The van der Waals surface area contributed by atoms with Gasteiger partial charge in [-0.2, -0.15) is 0 Å². The molecule has 2 unspecified atom stereocenters. The molecule has 0 aromatic heterocycles. The zero-order valence-electron chi connectivity index (χ0n) is 10.9. The van der Waals surface area contributed by atoms with Crippen LogP contribution in [0.1, 0.15) is 44.7 Å². The molecule has 2 nitrogen and oxygen atoms in total. The van der Waals surface area contributed by atoms with E-state index < -0.39 is 0 Å². The number of benzene rings is 1. The van der Waals surface area contributed by atoms with Crippen molar-refractivity contribution in [3.05, 3.63) is 29.8 Å². The molecule has 0 amide bonds. The average molecular weight is 231 g/mol. The number of hydrogen-bond donors (Lipinski definition) is 1. The van der Waals surface area contributed by atoms with Crippen molar-refractivity contribution >= 4 is 0 Å². The predicted octanol–water partition coefficient (Wildman–Crippen LogP) is 3.29. The van der Waals surface area contributed by atoms with E-state index >= 15 is 0 Å². The van der Waals surface area contributed by atoms with Crippen LogP contribution in [0, 0.1) is 5.41 Å². The number of fused-ring (bicyclic) bond motifs is 1. The maximum atomic E-state index is 6.34. The summed E-state index contributed by atoms with van der Waals surface area (Å²) in [7, 11) is 2.04. The molecule has 0 bridgehead atoms. The molecule has 2 heteroatoms. The van der Waals surface area contributed by atoms with Crippen molar-refractivity contribution < 1.29 is 4.74 Å². The van der Waals surface area contributed by atoms with E-state index in [9.17, 15) is 0 Å². The fourth-order valence-corrected chi connectivity index (χ4v) is 2.99. The largest absolute Gasteiger partial charge is 0.487 e. The summed E-state index contributed by atoms with van der Waals surface area (Å²) in [5, 5.41) is 3.44. The number of rotatable bonds is 2. The second-order valence-corrected chi connectivity index (χ2v) is 5.98. The third-order valence-electron chi connectivity index (χ3n) is 4.85. The van der Waals surface area contributed by atoms with E-state index in [2.05, 4.69) is 43.4 Å². The van der Waals surface area contributed by atoms with Crippen LogP contribution < -0.4 is 10.1 Å². The number of ether oxygens (including phenoxy) is 1. The van der Waals surface area contributed by atoms with E-state index in [0.717, 1.165) is 12.2 Å². The van der Waals surface area contributed by atoms with Crippen molar-refractivity contribution in [2.24, 2.45) is 5.41 Å². The van der Waals surface area contributed by atoms with Crippen LogP contribution >= 0.6 is 0 Å². The molecule has 2 aliphatic rings. The molecular formula is C15H21NO. The van der Waals surface area contributed by atoms with Gasteiger partial charge < -0.3 is 10.1 Å². The maximum Gasteiger partial charge on any atom is 0.124 e. The molecule has 0 spiro atoms. The minimum atomic E-state index is -0.0188. The van der Waals surface area contributed by atoms with E-state index in [-0.39, 0.29) is 5.60 Å². The molecule has 1 fully saturated rings. The summed E-state index contributed by atoms with van der Waals surface area (Å²) in [6, 6.07) is 8.84. The highest BCUT2D eigenvalue weighted by molar-refractivity contribution is 5.39. The smallest absolute Gasteiger partial charge is 0.124 e. The fraction of sp³-hybridized carbons (Fsp3) is 0.600.